The summed E-state index contributed by atoms with van der Waals surface area (Å²) in [4.78, 5) is 0. The first-order valence-electron chi connectivity index (χ1n) is 9.99. The molecule has 2 heterocycles. The quantitative estimate of drug-likeness (QED) is 0.342. The second-order valence-electron chi connectivity index (χ2n) is 8.09. The molecule has 0 radical (unpaired) electrons. The second kappa shape index (κ2) is 9.04. The Morgan fingerprint density at radius 3 is 2.03 bits per heavy atom. The average molecular weight is 453 g/mol. The molecular weight excluding hydrogens is 428 g/mol. The van der Waals surface area contributed by atoms with Crippen LogP contribution in [-0.2, 0) is 11.2 Å². The predicted octanol–water partition coefficient (Wildman–Crippen LogP) is 5.39. The fourth-order valence-electron chi connectivity index (χ4n) is 2.98. The van der Waals surface area contributed by atoms with E-state index in [4.69, 9.17) is 18.3 Å². The zero-order valence-corrected chi connectivity index (χ0v) is 19.4. The van der Waals surface area contributed by atoms with Gasteiger partial charge in [0.2, 0.25) is 17.7 Å². The normalized spacial score (nSPS) is 11.5. The Labute approximate surface area is 190 Å². The van der Waals surface area contributed by atoms with E-state index in [0.29, 0.717) is 45.7 Å². The van der Waals surface area contributed by atoms with Crippen molar-refractivity contribution >= 4 is 11.8 Å². The van der Waals surface area contributed by atoms with E-state index in [-0.39, 0.29) is 5.41 Å². The minimum absolute atomic E-state index is 0.0914. The van der Waals surface area contributed by atoms with E-state index >= 15 is 0 Å². The van der Waals surface area contributed by atoms with Gasteiger partial charge in [-0.25, -0.2) is 0 Å². The van der Waals surface area contributed by atoms with Crippen LogP contribution in [0, 0.1) is 0 Å². The van der Waals surface area contributed by atoms with Crippen molar-refractivity contribution in [3.05, 3.63) is 53.9 Å². The van der Waals surface area contributed by atoms with Crippen LogP contribution >= 0.6 is 11.8 Å². The number of methoxy groups -OCH3 is 2. The maximum atomic E-state index is 5.80. The van der Waals surface area contributed by atoms with E-state index in [9.17, 15) is 0 Å². The molecule has 0 unspecified atom stereocenters. The molecule has 4 rings (SSSR count). The maximum Gasteiger partial charge on any atom is 0.277 e. The van der Waals surface area contributed by atoms with Crippen LogP contribution < -0.4 is 9.47 Å². The van der Waals surface area contributed by atoms with Gasteiger partial charge >= 0.3 is 0 Å². The number of rotatable bonds is 7. The highest BCUT2D eigenvalue weighted by Gasteiger charge is 2.16. The summed E-state index contributed by atoms with van der Waals surface area (Å²) in [6.07, 6.45) is 0. The highest BCUT2D eigenvalue weighted by molar-refractivity contribution is 7.98. The van der Waals surface area contributed by atoms with Crippen LogP contribution in [0.2, 0.25) is 0 Å². The third-order valence-electron chi connectivity index (χ3n) is 4.79. The molecule has 2 aromatic heterocycles. The Balaban J connectivity index is 1.43. The van der Waals surface area contributed by atoms with E-state index in [1.807, 2.05) is 12.1 Å². The Bertz CT molecular complexity index is 1170. The van der Waals surface area contributed by atoms with Crippen LogP contribution in [0.3, 0.4) is 0 Å². The zero-order chi connectivity index (χ0) is 22.7. The zero-order valence-electron chi connectivity index (χ0n) is 18.6. The van der Waals surface area contributed by atoms with E-state index in [0.717, 1.165) is 5.56 Å². The summed E-state index contributed by atoms with van der Waals surface area (Å²) in [6, 6.07) is 13.6. The molecule has 0 saturated heterocycles. The molecule has 0 amide bonds. The summed E-state index contributed by atoms with van der Waals surface area (Å²) in [5, 5.41) is 16.9. The van der Waals surface area contributed by atoms with E-state index in [2.05, 4.69) is 53.3 Å². The number of benzene rings is 2. The molecule has 9 heteroatoms. The van der Waals surface area contributed by atoms with Crippen molar-refractivity contribution in [3.8, 4) is 34.4 Å². The molecule has 0 aliphatic carbocycles. The van der Waals surface area contributed by atoms with Gasteiger partial charge in [0, 0.05) is 17.2 Å². The number of thioether (sulfide) groups is 1. The molecule has 2 aromatic carbocycles. The third-order valence-corrected chi connectivity index (χ3v) is 5.59. The third kappa shape index (κ3) is 4.94. The fraction of sp³-hybridized carbons (Fsp3) is 0.304. The maximum absolute atomic E-state index is 5.80. The Hall–Kier alpha value is -3.33. The smallest absolute Gasteiger partial charge is 0.277 e. The largest absolute Gasteiger partial charge is 0.497 e. The molecule has 0 aliphatic rings. The second-order valence-corrected chi connectivity index (χ2v) is 9.02. The summed E-state index contributed by atoms with van der Waals surface area (Å²) in [7, 11) is 3.18. The average Bonchev–Trinajstić information content (AvgIpc) is 3.46. The summed E-state index contributed by atoms with van der Waals surface area (Å²) in [5.41, 5.74) is 2.93. The van der Waals surface area contributed by atoms with Gasteiger partial charge in [-0.2, -0.15) is 0 Å². The van der Waals surface area contributed by atoms with Crippen molar-refractivity contribution in [2.45, 2.75) is 37.2 Å². The molecule has 0 saturated carbocycles. The van der Waals surface area contributed by atoms with Gasteiger partial charge in [-0.15, -0.1) is 20.4 Å². The Morgan fingerprint density at radius 2 is 1.41 bits per heavy atom. The fourth-order valence-corrected chi connectivity index (χ4v) is 3.58. The van der Waals surface area contributed by atoms with Crippen LogP contribution in [0.5, 0.6) is 11.5 Å². The molecule has 0 atom stereocenters. The van der Waals surface area contributed by atoms with Crippen molar-refractivity contribution in [1.82, 2.24) is 20.4 Å². The topological polar surface area (TPSA) is 96.3 Å². The molecule has 0 bridgehead atoms. The number of nitrogens with zero attached hydrogens (tertiary/aromatic N) is 4. The molecule has 0 aliphatic heterocycles. The lowest BCUT2D eigenvalue weighted by Gasteiger charge is -2.18. The van der Waals surface area contributed by atoms with Crippen LogP contribution in [0.4, 0.5) is 0 Å². The van der Waals surface area contributed by atoms with Crippen LogP contribution in [-0.4, -0.2) is 34.6 Å². The lowest BCUT2D eigenvalue weighted by Crippen LogP contribution is -2.10. The molecule has 32 heavy (non-hydrogen) atoms. The molecule has 0 spiro atoms. The minimum Gasteiger partial charge on any atom is -0.497 e. The van der Waals surface area contributed by atoms with E-state index < -0.39 is 0 Å². The van der Waals surface area contributed by atoms with Gasteiger partial charge in [0.1, 0.15) is 11.5 Å². The Morgan fingerprint density at radius 1 is 0.781 bits per heavy atom. The van der Waals surface area contributed by atoms with Gasteiger partial charge in [0.05, 0.1) is 20.0 Å². The van der Waals surface area contributed by atoms with Crippen molar-refractivity contribution in [1.29, 1.82) is 0 Å². The van der Waals surface area contributed by atoms with Crippen molar-refractivity contribution in [2.75, 3.05) is 14.2 Å². The van der Waals surface area contributed by atoms with E-state index in [1.54, 1.807) is 32.4 Å². The van der Waals surface area contributed by atoms with Gasteiger partial charge in [0.25, 0.3) is 5.22 Å². The van der Waals surface area contributed by atoms with Crippen molar-refractivity contribution < 1.29 is 18.3 Å². The number of hydrogen-bond donors (Lipinski definition) is 0. The highest BCUT2D eigenvalue weighted by atomic mass is 32.2. The first-order chi connectivity index (χ1) is 15.4. The summed E-state index contributed by atoms with van der Waals surface area (Å²) >= 11 is 1.32. The van der Waals surface area contributed by atoms with Gasteiger partial charge < -0.3 is 18.3 Å². The number of hydrogen-bond acceptors (Lipinski definition) is 9. The molecule has 4 aromatic rings. The lowest BCUT2D eigenvalue weighted by atomic mass is 9.87. The predicted molar refractivity (Wildman–Crippen MR) is 121 cm³/mol. The van der Waals surface area contributed by atoms with Crippen molar-refractivity contribution in [2.24, 2.45) is 0 Å². The van der Waals surface area contributed by atoms with Crippen LogP contribution in [0.15, 0.2) is 56.5 Å². The minimum atomic E-state index is 0.0914. The standard InChI is InChI=1S/C23H24N4O4S/c1-23(2,3)16-8-6-14(7-9-16)20-25-24-19(30-20)13-32-22-27-26-21(31-22)15-10-17(28-4)12-18(11-15)29-5/h6-12H,13H2,1-5H3. The lowest BCUT2D eigenvalue weighted by molar-refractivity contribution is 0.394. The van der Waals surface area contributed by atoms with Gasteiger partial charge in [0.15, 0.2) is 0 Å². The molecule has 8 nitrogen and oxygen atoms in total. The number of ether oxygens (including phenoxy) is 2. The van der Waals surface area contributed by atoms with Gasteiger partial charge in [-0.05, 0) is 35.2 Å². The van der Waals surface area contributed by atoms with Gasteiger partial charge in [-0.1, -0.05) is 44.7 Å². The first kappa shape index (κ1) is 21.9. The summed E-state index contributed by atoms with van der Waals surface area (Å²) in [5.74, 6) is 3.02. The van der Waals surface area contributed by atoms with E-state index in [1.165, 1.54) is 17.3 Å². The SMILES string of the molecule is COc1cc(OC)cc(-c2nnc(SCc3nnc(-c4ccc(C(C)(C)C)cc4)o3)o2)c1. The van der Waals surface area contributed by atoms with Gasteiger partial charge in [-0.3, -0.25) is 0 Å². The Kier molecular flexibility index (Phi) is 6.18. The monoisotopic (exact) mass is 452 g/mol. The molecule has 166 valence electrons. The summed E-state index contributed by atoms with van der Waals surface area (Å²) in [6.45, 7) is 6.53. The highest BCUT2D eigenvalue weighted by Crippen LogP contribution is 2.31. The van der Waals surface area contributed by atoms with Crippen LogP contribution in [0.25, 0.3) is 22.9 Å². The molecular formula is C23H24N4O4S. The first-order valence-corrected chi connectivity index (χ1v) is 11.0. The van der Waals surface area contributed by atoms with Crippen molar-refractivity contribution in [3.63, 3.8) is 0 Å². The number of aromatic nitrogens is 4. The molecule has 0 N–H and O–H groups in total. The molecule has 0 fully saturated rings. The summed E-state index contributed by atoms with van der Waals surface area (Å²) < 4.78 is 22.1. The van der Waals surface area contributed by atoms with Crippen LogP contribution in [0.1, 0.15) is 32.2 Å².